The SMILES string of the molecule is Cc1ccc(C(=O)NCC(=O)OCC(=O)N(C(C)C)C(C)C)cc1C. The molecule has 0 heterocycles. The number of carbonyl (C=O) groups excluding carboxylic acids is 3. The van der Waals surface area contributed by atoms with Gasteiger partial charge in [0.2, 0.25) is 0 Å². The summed E-state index contributed by atoms with van der Waals surface area (Å²) in [6.45, 7) is 10.9. The van der Waals surface area contributed by atoms with Gasteiger partial charge < -0.3 is 15.0 Å². The standard InChI is InChI=1S/C19H28N2O4/c1-12(2)21(13(3)4)17(22)11-25-18(23)10-20-19(24)16-8-7-14(5)15(6)9-16/h7-9,12-13H,10-11H2,1-6H3,(H,20,24). The van der Waals surface area contributed by atoms with Gasteiger partial charge in [0.15, 0.2) is 6.61 Å². The number of amides is 2. The lowest BCUT2D eigenvalue weighted by Gasteiger charge is -2.30. The summed E-state index contributed by atoms with van der Waals surface area (Å²) in [4.78, 5) is 37.6. The molecule has 0 aliphatic heterocycles. The topological polar surface area (TPSA) is 75.7 Å². The minimum Gasteiger partial charge on any atom is -0.454 e. The highest BCUT2D eigenvalue weighted by atomic mass is 16.5. The molecular formula is C19H28N2O4. The van der Waals surface area contributed by atoms with Crippen molar-refractivity contribution in [3.8, 4) is 0 Å². The van der Waals surface area contributed by atoms with Crippen molar-refractivity contribution in [3.63, 3.8) is 0 Å². The van der Waals surface area contributed by atoms with E-state index in [-0.39, 0.29) is 37.0 Å². The second-order valence-electron chi connectivity index (χ2n) is 6.63. The first kappa shape index (κ1) is 20.7. The summed E-state index contributed by atoms with van der Waals surface area (Å²) in [5.41, 5.74) is 2.58. The number of hydrogen-bond donors (Lipinski definition) is 1. The molecule has 0 saturated heterocycles. The molecule has 6 heteroatoms. The molecule has 0 spiro atoms. The molecule has 2 amide bonds. The smallest absolute Gasteiger partial charge is 0.325 e. The molecule has 1 rings (SSSR count). The molecule has 0 aromatic heterocycles. The summed E-state index contributed by atoms with van der Waals surface area (Å²) in [5.74, 6) is -1.24. The molecule has 0 radical (unpaired) electrons. The van der Waals surface area contributed by atoms with Crippen LogP contribution in [-0.2, 0) is 14.3 Å². The van der Waals surface area contributed by atoms with Crippen LogP contribution in [0.4, 0.5) is 0 Å². The van der Waals surface area contributed by atoms with Crippen LogP contribution < -0.4 is 5.32 Å². The van der Waals surface area contributed by atoms with Gasteiger partial charge in [0.1, 0.15) is 6.54 Å². The highest BCUT2D eigenvalue weighted by Crippen LogP contribution is 2.09. The Morgan fingerprint density at radius 1 is 1.04 bits per heavy atom. The van der Waals surface area contributed by atoms with Gasteiger partial charge in [-0.2, -0.15) is 0 Å². The van der Waals surface area contributed by atoms with E-state index in [0.29, 0.717) is 5.56 Å². The summed E-state index contributed by atoms with van der Waals surface area (Å²) >= 11 is 0. The molecule has 0 fully saturated rings. The number of benzene rings is 1. The number of ether oxygens (including phenoxy) is 1. The van der Waals surface area contributed by atoms with Crippen LogP contribution in [-0.4, -0.2) is 47.9 Å². The van der Waals surface area contributed by atoms with Gasteiger partial charge in [-0.15, -0.1) is 0 Å². The molecular weight excluding hydrogens is 320 g/mol. The number of carbonyl (C=O) groups is 3. The Labute approximate surface area is 149 Å². The van der Waals surface area contributed by atoms with E-state index in [4.69, 9.17) is 4.74 Å². The zero-order valence-electron chi connectivity index (χ0n) is 15.9. The first-order chi connectivity index (χ1) is 11.6. The van der Waals surface area contributed by atoms with E-state index in [1.807, 2.05) is 47.6 Å². The lowest BCUT2D eigenvalue weighted by Crippen LogP contribution is -2.44. The fourth-order valence-electron chi connectivity index (χ4n) is 2.58. The van der Waals surface area contributed by atoms with Gasteiger partial charge in [0.05, 0.1) is 0 Å². The second kappa shape index (κ2) is 9.20. The van der Waals surface area contributed by atoms with E-state index in [1.54, 1.807) is 17.0 Å². The Kier molecular flexibility index (Phi) is 7.61. The van der Waals surface area contributed by atoms with Gasteiger partial charge in [-0.1, -0.05) is 6.07 Å². The van der Waals surface area contributed by atoms with Crippen LogP contribution in [0.25, 0.3) is 0 Å². The monoisotopic (exact) mass is 348 g/mol. The number of rotatable bonds is 7. The van der Waals surface area contributed by atoms with Crippen molar-refractivity contribution in [2.75, 3.05) is 13.2 Å². The van der Waals surface area contributed by atoms with Gasteiger partial charge in [0.25, 0.3) is 11.8 Å². The van der Waals surface area contributed by atoms with E-state index < -0.39 is 5.97 Å². The molecule has 0 aliphatic rings. The quantitative estimate of drug-likeness (QED) is 0.767. The van der Waals surface area contributed by atoms with Crippen LogP contribution in [0.2, 0.25) is 0 Å². The summed E-state index contributed by atoms with van der Waals surface area (Å²) in [6.07, 6.45) is 0. The van der Waals surface area contributed by atoms with Crippen LogP contribution in [0.5, 0.6) is 0 Å². The van der Waals surface area contributed by atoms with Crippen LogP contribution >= 0.6 is 0 Å². The summed E-state index contributed by atoms with van der Waals surface area (Å²) in [5, 5.41) is 2.51. The van der Waals surface area contributed by atoms with E-state index in [0.717, 1.165) is 11.1 Å². The third-order valence-corrected chi connectivity index (χ3v) is 3.92. The van der Waals surface area contributed by atoms with Crippen molar-refractivity contribution in [1.82, 2.24) is 10.2 Å². The second-order valence-corrected chi connectivity index (χ2v) is 6.63. The zero-order chi connectivity index (χ0) is 19.1. The molecule has 0 unspecified atom stereocenters. The van der Waals surface area contributed by atoms with E-state index in [9.17, 15) is 14.4 Å². The molecule has 25 heavy (non-hydrogen) atoms. The molecule has 138 valence electrons. The van der Waals surface area contributed by atoms with Crippen LogP contribution in [0, 0.1) is 13.8 Å². The first-order valence-corrected chi connectivity index (χ1v) is 8.45. The average molecular weight is 348 g/mol. The van der Waals surface area contributed by atoms with Crippen molar-refractivity contribution < 1.29 is 19.1 Å². The van der Waals surface area contributed by atoms with E-state index in [1.165, 1.54) is 0 Å². The molecule has 0 bridgehead atoms. The third-order valence-electron chi connectivity index (χ3n) is 3.92. The fraction of sp³-hybridized carbons (Fsp3) is 0.526. The molecule has 0 aliphatic carbocycles. The minimum absolute atomic E-state index is 0.0238. The maximum atomic E-state index is 12.1. The Bertz CT molecular complexity index is 630. The van der Waals surface area contributed by atoms with Crippen LogP contribution in [0.1, 0.15) is 49.2 Å². The molecule has 0 atom stereocenters. The molecule has 1 aromatic rings. The van der Waals surface area contributed by atoms with Gasteiger partial charge in [-0.05, 0) is 64.8 Å². The predicted octanol–water partition coefficient (Wildman–Crippen LogP) is 2.22. The third kappa shape index (κ3) is 6.21. The van der Waals surface area contributed by atoms with Gasteiger partial charge >= 0.3 is 5.97 Å². The van der Waals surface area contributed by atoms with Crippen LogP contribution in [0.3, 0.4) is 0 Å². The van der Waals surface area contributed by atoms with Gasteiger partial charge in [-0.25, -0.2) is 0 Å². The number of hydrogen-bond acceptors (Lipinski definition) is 4. The summed E-state index contributed by atoms with van der Waals surface area (Å²) in [7, 11) is 0. The number of nitrogens with one attached hydrogen (secondary N) is 1. The highest BCUT2D eigenvalue weighted by Gasteiger charge is 2.21. The van der Waals surface area contributed by atoms with E-state index >= 15 is 0 Å². The number of nitrogens with zero attached hydrogens (tertiary/aromatic N) is 1. The normalized spacial score (nSPS) is 10.7. The van der Waals surface area contributed by atoms with Crippen molar-refractivity contribution >= 4 is 17.8 Å². The Morgan fingerprint density at radius 2 is 1.64 bits per heavy atom. The predicted molar refractivity (Wildman–Crippen MR) is 96.3 cm³/mol. The fourth-order valence-corrected chi connectivity index (χ4v) is 2.58. The Balaban J connectivity index is 2.48. The van der Waals surface area contributed by atoms with Gasteiger partial charge in [-0.3, -0.25) is 14.4 Å². The average Bonchev–Trinajstić information content (AvgIpc) is 2.52. The summed E-state index contributed by atoms with van der Waals surface area (Å²) < 4.78 is 4.97. The Morgan fingerprint density at radius 3 is 2.16 bits per heavy atom. The minimum atomic E-state index is -0.641. The molecule has 1 aromatic carbocycles. The maximum Gasteiger partial charge on any atom is 0.325 e. The van der Waals surface area contributed by atoms with Crippen molar-refractivity contribution in [2.24, 2.45) is 0 Å². The largest absolute Gasteiger partial charge is 0.454 e. The van der Waals surface area contributed by atoms with E-state index in [2.05, 4.69) is 5.32 Å². The highest BCUT2D eigenvalue weighted by molar-refractivity contribution is 5.96. The van der Waals surface area contributed by atoms with Crippen molar-refractivity contribution in [3.05, 3.63) is 34.9 Å². The van der Waals surface area contributed by atoms with Crippen molar-refractivity contribution in [2.45, 2.75) is 53.6 Å². The molecule has 0 saturated carbocycles. The molecule has 6 nitrogen and oxygen atoms in total. The lowest BCUT2D eigenvalue weighted by molar-refractivity contribution is -0.152. The van der Waals surface area contributed by atoms with Crippen LogP contribution in [0.15, 0.2) is 18.2 Å². The maximum absolute atomic E-state index is 12.1. The van der Waals surface area contributed by atoms with Crippen molar-refractivity contribution in [1.29, 1.82) is 0 Å². The van der Waals surface area contributed by atoms with Gasteiger partial charge in [0, 0.05) is 17.6 Å². The number of aryl methyl sites for hydroxylation is 2. The molecule has 1 N–H and O–H groups in total. The lowest BCUT2D eigenvalue weighted by atomic mass is 10.1. The summed E-state index contributed by atoms with van der Waals surface area (Å²) in [6, 6.07) is 5.37. The Hall–Kier alpha value is -2.37. The number of esters is 1. The zero-order valence-corrected chi connectivity index (χ0v) is 15.9. The first-order valence-electron chi connectivity index (χ1n) is 8.45.